The van der Waals surface area contributed by atoms with E-state index in [1.807, 2.05) is 4.57 Å². The molecule has 2 aliphatic rings. The van der Waals surface area contributed by atoms with Gasteiger partial charge in [-0.1, -0.05) is 0 Å². The summed E-state index contributed by atoms with van der Waals surface area (Å²) in [5.74, 6) is 0.749. The van der Waals surface area contributed by atoms with Crippen LogP contribution in [-0.4, -0.2) is 50.1 Å². The number of ketones is 1. The van der Waals surface area contributed by atoms with Crippen LogP contribution in [0.2, 0.25) is 0 Å². The first-order valence-electron chi connectivity index (χ1n) is 10.3. The van der Waals surface area contributed by atoms with Crippen LogP contribution >= 0.6 is 12.4 Å². The highest BCUT2D eigenvalue weighted by Gasteiger charge is 2.25. The Morgan fingerprint density at radius 2 is 1.77 bits per heavy atom. The highest BCUT2D eigenvalue weighted by Crippen LogP contribution is 2.22. The lowest BCUT2D eigenvalue weighted by atomic mass is 9.89. The maximum absolute atomic E-state index is 13.0. The lowest BCUT2D eigenvalue weighted by molar-refractivity contribution is 0.0838. The number of carbonyl (C=O) groups excluding carboxylic acids is 1. The molecule has 3 heterocycles. The van der Waals surface area contributed by atoms with Crippen molar-refractivity contribution in [1.29, 1.82) is 0 Å². The molecule has 2 N–H and O–H groups in total. The lowest BCUT2D eigenvalue weighted by Gasteiger charge is -2.31. The number of Topliss-reactive ketones (excluding diaryl/α,β-unsaturated/α-hetero) is 1. The minimum absolute atomic E-state index is 0. The molecule has 0 bridgehead atoms. The van der Waals surface area contributed by atoms with Gasteiger partial charge in [-0.3, -0.25) is 9.36 Å². The molecule has 30 heavy (non-hydrogen) atoms. The van der Waals surface area contributed by atoms with Crippen molar-refractivity contribution in [2.75, 3.05) is 19.6 Å². The van der Waals surface area contributed by atoms with Crippen LogP contribution in [0.3, 0.4) is 0 Å². The number of benzene rings is 1. The summed E-state index contributed by atoms with van der Waals surface area (Å²) in [6.45, 7) is 4.11. The van der Waals surface area contributed by atoms with Crippen molar-refractivity contribution >= 4 is 18.2 Å². The highest BCUT2D eigenvalue weighted by atomic mass is 35.5. The fourth-order valence-corrected chi connectivity index (χ4v) is 4.31. The predicted molar refractivity (Wildman–Crippen MR) is 115 cm³/mol. The van der Waals surface area contributed by atoms with Crippen molar-refractivity contribution in [3.8, 4) is 0 Å². The number of likely N-dealkylation sites (tertiary alicyclic amines) is 1. The molecule has 4 rings (SSSR count). The molecule has 0 amide bonds. The molecule has 1 aromatic heterocycles. The van der Waals surface area contributed by atoms with Crippen molar-refractivity contribution in [2.45, 2.75) is 51.6 Å². The molecule has 1 fully saturated rings. The molecule has 9 heteroatoms. The number of hydrogen-bond donors (Lipinski definition) is 0. The number of aromatic nitrogens is 3. The van der Waals surface area contributed by atoms with Crippen LogP contribution in [0.1, 0.15) is 48.3 Å². The van der Waals surface area contributed by atoms with Gasteiger partial charge in [0.1, 0.15) is 11.6 Å². The molecule has 0 aliphatic carbocycles. The third-order valence-corrected chi connectivity index (χ3v) is 5.96. The van der Waals surface area contributed by atoms with Crippen LogP contribution in [0.15, 0.2) is 29.1 Å². The Kier molecular flexibility index (Phi) is 8.76. The number of rotatable bonds is 6. The molecule has 2 aromatic rings. The van der Waals surface area contributed by atoms with Crippen LogP contribution < -0.4 is 5.69 Å². The van der Waals surface area contributed by atoms with Crippen LogP contribution in [0.25, 0.3) is 0 Å². The van der Waals surface area contributed by atoms with E-state index in [-0.39, 0.29) is 41.1 Å². The fraction of sp³-hybridized carbons (Fsp3) is 0.571. The van der Waals surface area contributed by atoms with Crippen LogP contribution in [0.5, 0.6) is 0 Å². The Bertz CT molecular complexity index is 889. The van der Waals surface area contributed by atoms with Crippen LogP contribution in [-0.2, 0) is 19.5 Å². The second kappa shape index (κ2) is 10.8. The van der Waals surface area contributed by atoms with Crippen molar-refractivity contribution < 1.29 is 14.7 Å². The first kappa shape index (κ1) is 24.2. The smallest absolute Gasteiger partial charge is 0.345 e. The molecule has 7 nitrogen and oxygen atoms in total. The SMILES string of the molecule is Cl.O.O=C(c1ccc(F)cc1)C1CCN(CCCn2nc3n(c2=O)CCCC3)CC1. The summed E-state index contributed by atoms with van der Waals surface area (Å²) in [6.07, 6.45) is 5.61. The van der Waals surface area contributed by atoms with Crippen molar-refractivity contribution in [1.82, 2.24) is 19.2 Å². The van der Waals surface area contributed by atoms with E-state index in [0.717, 1.165) is 70.5 Å². The first-order chi connectivity index (χ1) is 13.6. The zero-order valence-corrected chi connectivity index (χ0v) is 17.9. The van der Waals surface area contributed by atoms with Gasteiger partial charge in [0.05, 0.1) is 0 Å². The van der Waals surface area contributed by atoms with E-state index in [4.69, 9.17) is 0 Å². The number of carbonyl (C=O) groups is 1. The second-order valence-electron chi connectivity index (χ2n) is 7.87. The molecular formula is C21H30ClFN4O3. The maximum Gasteiger partial charge on any atom is 0.345 e. The number of nitrogens with zero attached hydrogens (tertiary/aromatic N) is 4. The maximum atomic E-state index is 13.0. The number of halogens is 2. The van der Waals surface area contributed by atoms with Gasteiger partial charge in [-0.15, -0.1) is 12.4 Å². The van der Waals surface area contributed by atoms with Gasteiger partial charge in [0.15, 0.2) is 5.78 Å². The summed E-state index contributed by atoms with van der Waals surface area (Å²) in [5.41, 5.74) is 0.626. The Labute approximate surface area is 181 Å². The Morgan fingerprint density at radius 1 is 1.07 bits per heavy atom. The Balaban J connectivity index is 0.00000160. The van der Waals surface area contributed by atoms with Crippen molar-refractivity contribution in [3.63, 3.8) is 0 Å². The van der Waals surface area contributed by atoms with Crippen LogP contribution in [0.4, 0.5) is 4.39 Å². The third-order valence-electron chi connectivity index (χ3n) is 5.96. The Morgan fingerprint density at radius 3 is 2.43 bits per heavy atom. The van der Waals surface area contributed by atoms with Gasteiger partial charge in [0.25, 0.3) is 0 Å². The monoisotopic (exact) mass is 440 g/mol. The molecule has 0 atom stereocenters. The number of fused-ring (bicyclic) bond motifs is 1. The summed E-state index contributed by atoms with van der Waals surface area (Å²) < 4.78 is 16.5. The number of aryl methyl sites for hydroxylation is 2. The van der Waals surface area contributed by atoms with E-state index < -0.39 is 0 Å². The quantitative estimate of drug-likeness (QED) is 0.643. The van der Waals surface area contributed by atoms with E-state index in [1.165, 1.54) is 12.1 Å². The molecule has 0 radical (unpaired) electrons. The lowest BCUT2D eigenvalue weighted by Crippen LogP contribution is -2.37. The molecule has 1 aromatic carbocycles. The van der Waals surface area contributed by atoms with E-state index in [0.29, 0.717) is 12.1 Å². The van der Waals surface area contributed by atoms with Crippen molar-refractivity contribution in [2.24, 2.45) is 5.92 Å². The summed E-state index contributed by atoms with van der Waals surface area (Å²) in [7, 11) is 0. The third kappa shape index (κ3) is 5.36. The standard InChI is InChI=1S/C21H27FN4O2.ClH.H2O/c22-18-7-5-16(6-8-18)20(27)17-9-14-24(15-10-17)11-3-13-26-21(28)25-12-2-1-4-19(25)23-26;;/h5-8,17H,1-4,9-15H2;1H;1H2. The second-order valence-corrected chi connectivity index (χ2v) is 7.87. The van der Waals surface area contributed by atoms with E-state index in [9.17, 15) is 14.0 Å². The van der Waals surface area contributed by atoms with E-state index in [1.54, 1.807) is 16.8 Å². The number of piperidine rings is 1. The summed E-state index contributed by atoms with van der Waals surface area (Å²) in [6, 6.07) is 5.84. The zero-order chi connectivity index (χ0) is 19.5. The predicted octanol–water partition coefficient (Wildman–Crippen LogP) is 2.10. The molecule has 0 spiro atoms. The van der Waals surface area contributed by atoms with E-state index >= 15 is 0 Å². The van der Waals surface area contributed by atoms with Crippen LogP contribution in [0, 0.1) is 11.7 Å². The highest BCUT2D eigenvalue weighted by molar-refractivity contribution is 5.97. The van der Waals surface area contributed by atoms with E-state index in [2.05, 4.69) is 10.00 Å². The molecule has 166 valence electrons. The van der Waals surface area contributed by atoms with Gasteiger partial charge in [-0.25, -0.2) is 13.9 Å². The largest absolute Gasteiger partial charge is 0.412 e. The normalized spacial score (nSPS) is 17.0. The number of hydrogen-bond acceptors (Lipinski definition) is 4. The minimum Gasteiger partial charge on any atom is -0.412 e. The van der Waals surface area contributed by atoms with Gasteiger partial charge < -0.3 is 10.4 Å². The van der Waals surface area contributed by atoms with Gasteiger partial charge >= 0.3 is 5.69 Å². The van der Waals surface area contributed by atoms with Gasteiger partial charge in [-0.2, -0.15) is 5.10 Å². The zero-order valence-electron chi connectivity index (χ0n) is 17.1. The Hall–Kier alpha value is -2.03. The first-order valence-corrected chi connectivity index (χ1v) is 10.3. The minimum atomic E-state index is -0.316. The summed E-state index contributed by atoms with van der Waals surface area (Å²) in [5, 5.41) is 4.49. The topological polar surface area (TPSA) is 91.6 Å². The fourth-order valence-electron chi connectivity index (χ4n) is 4.31. The molecule has 0 unspecified atom stereocenters. The summed E-state index contributed by atoms with van der Waals surface area (Å²) in [4.78, 5) is 27.3. The van der Waals surface area contributed by atoms with Gasteiger partial charge in [-0.05, 0) is 76.0 Å². The molecule has 0 saturated carbocycles. The van der Waals surface area contributed by atoms with Crippen molar-refractivity contribution in [3.05, 3.63) is 52.0 Å². The van der Waals surface area contributed by atoms with Gasteiger partial charge in [0.2, 0.25) is 0 Å². The molecular weight excluding hydrogens is 411 g/mol. The van der Waals surface area contributed by atoms with Gasteiger partial charge in [0, 0.05) is 31.0 Å². The summed E-state index contributed by atoms with van der Waals surface area (Å²) >= 11 is 0. The average molecular weight is 441 g/mol. The average Bonchev–Trinajstić information content (AvgIpc) is 3.05. The molecule has 2 aliphatic heterocycles. The molecule has 1 saturated heterocycles.